The molecule has 2 rings (SSSR count). The predicted molar refractivity (Wildman–Crippen MR) is 111 cm³/mol. The fourth-order valence-corrected chi connectivity index (χ4v) is 5.77. The molecule has 1 aromatic rings. The van der Waals surface area contributed by atoms with Gasteiger partial charge in [-0.1, -0.05) is 13.3 Å². The van der Waals surface area contributed by atoms with E-state index in [1.54, 1.807) is 12.1 Å². The number of sulfonamides is 1. The minimum absolute atomic E-state index is 0.0959. The molecular weight excluding hydrogens is 360 g/mol. The number of piperidine rings is 1. The van der Waals surface area contributed by atoms with Gasteiger partial charge < -0.3 is 10.1 Å². The summed E-state index contributed by atoms with van der Waals surface area (Å²) in [5, 5.41) is 3.59. The van der Waals surface area contributed by atoms with Crippen LogP contribution in [-0.2, 0) is 10.0 Å². The molecule has 0 aromatic heterocycles. The van der Waals surface area contributed by atoms with Gasteiger partial charge in [0.15, 0.2) is 0 Å². The number of hydrogen-bond acceptors (Lipinski definition) is 4. The van der Waals surface area contributed by atoms with Crippen LogP contribution in [0.2, 0.25) is 0 Å². The molecule has 0 unspecified atom stereocenters. The van der Waals surface area contributed by atoms with Gasteiger partial charge in [0.25, 0.3) is 0 Å². The third-order valence-electron chi connectivity index (χ3n) is 5.24. The van der Waals surface area contributed by atoms with E-state index in [4.69, 9.17) is 4.74 Å². The third kappa shape index (κ3) is 5.69. The zero-order chi connectivity index (χ0) is 20.5. The molecule has 0 atom stereocenters. The van der Waals surface area contributed by atoms with Gasteiger partial charge in [0.05, 0.1) is 11.5 Å². The van der Waals surface area contributed by atoms with Crippen LogP contribution in [-0.4, -0.2) is 32.1 Å². The summed E-state index contributed by atoms with van der Waals surface area (Å²) in [5.74, 6) is 0.768. The fraction of sp³-hybridized carbons (Fsp3) is 0.714. The molecule has 1 saturated heterocycles. The topological polar surface area (TPSA) is 67.4 Å². The monoisotopic (exact) mass is 396 g/mol. The minimum atomic E-state index is -3.59. The molecule has 27 heavy (non-hydrogen) atoms. The zero-order valence-electron chi connectivity index (χ0n) is 17.9. The first-order chi connectivity index (χ1) is 12.4. The molecule has 1 fully saturated rings. The maximum atomic E-state index is 13.1. The Morgan fingerprint density at radius 1 is 1.11 bits per heavy atom. The average Bonchev–Trinajstić information content (AvgIpc) is 2.47. The van der Waals surface area contributed by atoms with E-state index in [0.29, 0.717) is 11.5 Å². The van der Waals surface area contributed by atoms with Crippen molar-refractivity contribution in [3.05, 3.63) is 23.3 Å². The number of hydrogen-bond donors (Lipinski definition) is 2. The Hall–Kier alpha value is -1.11. The maximum Gasteiger partial charge on any atom is 0.241 e. The van der Waals surface area contributed by atoms with Crippen LogP contribution in [0.25, 0.3) is 0 Å². The molecule has 1 aliphatic heterocycles. The Bertz CT molecular complexity index is 754. The quantitative estimate of drug-likeness (QED) is 0.682. The van der Waals surface area contributed by atoms with Crippen molar-refractivity contribution in [2.24, 2.45) is 0 Å². The molecule has 2 N–H and O–H groups in total. The third-order valence-corrected chi connectivity index (χ3v) is 6.91. The number of unbranched alkanes of at least 4 members (excludes halogenated alkanes) is 1. The van der Waals surface area contributed by atoms with E-state index >= 15 is 0 Å². The number of nitrogens with one attached hydrogen (secondary N) is 2. The minimum Gasteiger partial charge on any atom is -0.493 e. The SMILES string of the molecule is CCCCOc1ccc(S(=O)(=O)NC2CC(C)(C)NC(C)(C)C2)c(C)c1C. The van der Waals surface area contributed by atoms with Crippen LogP contribution in [0.5, 0.6) is 5.75 Å². The molecule has 0 saturated carbocycles. The second kappa shape index (κ2) is 8.10. The molecule has 0 amide bonds. The van der Waals surface area contributed by atoms with Crippen molar-refractivity contribution in [1.82, 2.24) is 10.0 Å². The lowest BCUT2D eigenvalue weighted by Crippen LogP contribution is -2.62. The van der Waals surface area contributed by atoms with Gasteiger partial charge in [-0.2, -0.15) is 0 Å². The highest BCUT2D eigenvalue weighted by Gasteiger charge is 2.39. The first-order valence-electron chi connectivity index (χ1n) is 9.91. The normalized spacial score (nSPS) is 19.8. The second-order valence-electron chi connectivity index (χ2n) is 9.13. The van der Waals surface area contributed by atoms with E-state index in [-0.39, 0.29) is 17.1 Å². The lowest BCUT2D eigenvalue weighted by Gasteiger charge is -2.46. The Labute approximate surface area is 165 Å². The molecule has 1 aromatic carbocycles. The standard InChI is InChI=1S/C21H36N2O3S/c1-8-9-12-26-18-10-11-19(16(3)15(18)2)27(24,25)22-17-13-20(4,5)23-21(6,7)14-17/h10-11,17,22-23H,8-9,12-14H2,1-7H3. The van der Waals surface area contributed by atoms with Crippen LogP contribution in [0.15, 0.2) is 17.0 Å². The van der Waals surface area contributed by atoms with E-state index in [2.05, 4.69) is 44.7 Å². The van der Waals surface area contributed by atoms with Crippen molar-refractivity contribution >= 4 is 10.0 Å². The zero-order valence-corrected chi connectivity index (χ0v) is 18.7. The Kier molecular flexibility index (Phi) is 6.65. The van der Waals surface area contributed by atoms with Gasteiger partial charge in [-0.3, -0.25) is 0 Å². The van der Waals surface area contributed by atoms with E-state index in [0.717, 1.165) is 42.6 Å². The molecule has 5 nitrogen and oxygen atoms in total. The summed E-state index contributed by atoms with van der Waals surface area (Å²) in [6.07, 6.45) is 3.57. The first-order valence-corrected chi connectivity index (χ1v) is 11.4. The molecule has 1 aliphatic rings. The van der Waals surface area contributed by atoms with E-state index in [1.807, 2.05) is 13.8 Å². The van der Waals surface area contributed by atoms with Crippen molar-refractivity contribution in [1.29, 1.82) is 0 Å². The van der Waals surface area contributed by atoms with Gasteiger partial charge in [0.2, 0.25) is 10.0 Å². The highest BCUT2D eigenvalue weighted by atomic mass is 32.2. The molecule has 1 heterocycles. The van der Waals surface area contributed by atoms with Crippen LogP contribution in [0.1, 0.15) is 71.4 Å². The molecule has 6 heteroatoms. The van der Waals surface area contributed by atoms with Crippen molar-refractivity contribution < 1.29 is 13.2 Å². The Morgan fingerprint density at radius 2 is 1.70 bits per heavy atom. The number of ether oxygens (including phenoxy) is 1. The van der Waals surface area contributed by atoms with Crippen molar-refractivity contribution in [2.45, 2.75) is 96.2 Å². The summed E-state index contributed by atoms with van der Waals surface area (Å²) >= 11 is 0. The number of benzene rings is 1. The molecule has 0 bridgehead atoms. The van der Waals surface area contributed by atoms with E-state index in [9.17, 15) is 8.42 Å². The van der Waals surface area contributed by atoms with Crippen LogP contribution in [0, 0.1) is 13.8 Å². The molecule has 0 radical (unpaired) electrons. The van der Waals surface area contributed by atoms with Crippen molar-refractivity contribution in [3.63, 3.8) is 0 Å². The summed E-state index contributed by atoms with van der Waals surface area (Å²) in [5.41, 5.74) is 1.41. The van der Waals surface area contributed by atoms with Crippen LogP contribution >= 0.6 is 0 Å². The fourth-order valence-electron chi connectivity index (χ4n) is 4.23. The van der Waals surface area contributed by atoms with Gasteiger partial charge in [-0.05, 0) is 84.1 Å². The van der Waals surface area contributed by atoms with Crippen LogP contribution in [0.4, 0.5) is 0 Å². The molecule has 0 spiro atoms. The van der Waals surface area contributed by atoms with Crippen LogP contribution < -0.4 is 14.8 Å². The first kappa shape index (κ1) is 22.2. The maximum absolute atomic E-state index is 13.1. The second-order valence-corrected chi connectivity index (χ2v) is 10.8. The van der Waals surface area contributed by atoms with E-state index < -0.39 is 10.0 Å². The summed E-state index contributed by atoms with van der Waals surface area (Å²) in [6.45, 7) is 15.0. The largest absolute Gasteiger partial charge is 0.493 e. The highest BCUT2D eigenvalue weighted by Crippen LogP contribution is 2.31. The van der Waals surface area contributed by atoms with Gasteiger partial charge in [-0.15, -0.1) is 0 Å². The van der Waals surface area contributed by atoms with Gasteiger partial charge in [0.1, 0.15) is 5.75 Å². The van der Waals surface area contributed by atoms with Crippen molar-refractivity contribution in [2.75, 3.05) is 6.61 Å². The lowest BCUT2D eigenvalue weighted by atomic mass is 9.80. The molecule has 154 valence electrons. The smallest absolute Gasteiger partial charge is 0.241 e. The Balaban J connectivity index is 2.22. The summed E-state index contributed by atoms with van der Waals surface area (Å²) in [6, 6.07) is 3.35. The van der Waals surface area contributed by atoms with Crippen molar-refractivity contribution in [3.8, 4) is 5.75 Å². The Morgan fingerprint density at radius 3 is 2.26 bits per heavy atom. The molecular formula is C21H36N2O3S. The van der Waals surface area contributed by atoms with Gasteiger partial charge in [-0.25, -0.2) is 13.1 Å². The summed E-state index contributed by atoms with van der Waals surface area (Å²) in [7, 11) is -3.59. The molecule has 0 aliphatic carbocycles. The predicted octanol–water partition coefficient (Wildman–Crippen LogP) is 4.07. The summed E-state index contributed by atoms with van der Waals surface area (Å²) < 4.78 is 35.0. The van der Waals surface area contributed by atoms with E-state index in [1.165, 1.54) is 0 Å². The highest BCUT2D eigenvalue weighted by molar-refractivity contribution is 7.89. The van der Waals surface area contributed by atoms with Gasteiger partial charge >= 0.3 is 0 Å². The van der Waals surface area contributed by atoms with Gasteiger partial charge in [0, 0.05) is 17.1 Å². The average molecular weight is 397 g/mol. The number of rotatable bonds is 7. The lowest BCUT2D eigenvalue weighted by molar-refractivity contribution is 0.157. The van der Waals surface area contributed by atoms with Crippen LogP contribution in [0.3, 0.4) is 0 Å². The summed E-state index contributed by atoms with van der Waals surface area (Å²) in [4.78, 5) is 0.344.